The topological polar surface area (TPSA) is 61.9 Å². The maximum Gasteiger partial charge on any atom is 0.414 e. The zero-order chi connectivity index (χ0) is 17.2. The van der Waals surface area contributed by atoms with Gasteiger partial charge in [0.2, 0.25) is 0 Å². The van der Waals surface area contributed by atoms with Gasteiger partial charge in [0.15, 0.2) is 0 Å². The van der Waals surface area contributed by atoms with Crippen LogP contribution in [0.2, 0.25) is 0 Å². The normalized spacial score (nSPS) is 17.9. The van der Waals surface area contributed by atoms with Crippen LogP contribution in [0.3, 0.4) is 0 Å². The fourth-order valence-corrected chi connectivity index (χ4v) is 2.34. The zero-order valence-electron chi connectivity index (χ0n) is 14.4. The summed E-state index contributed by atoms with van der Waals surface area (Å²) in [7, 11) is 3.33. The van der Waals surface area contributed by atoms with Crippen molar-refractivity contribution in [2.75, 3.05) is 32.1 Å². The van der Waals surface area contributed by atoms with E-state index >= 15 is 0 Å². The third-order valence-electron chi connectivity index (χ3n) is 3.81. The molecule has 0 saturated carbocycles. The highest BCUT2D eigenvalue weighted by molar-refractivity contribution is 5.89. The standard InChI is InChI=1S/C17H25N3O3/c1-17(2,3)12-6-8-13(9-7-12)20-11-14(23-16(20)22)10-18-15(21)19(4)5/h6-9,14H,10-11H2,1-5H3,(H,18,21). The Labute approximate surface area is 137 Å². The number of cyclic esters (lactones) is 1. The number of hydrogen-bond donors (Lipinski definition) is 1. The molecule has 23 heavy (non-hydrogen) atoms. The minimum atomic E-state index is -0.377. The van der Waals surface area contributed by atoms with Crippen LogP contribution >= 0.6 is 0 Å². The fourth-order valence-electron chi connectivity index (χ4n) is 2.34. The number of carbonyl (C=O) groups is 2. The van der Waals surface area contributed by atoms with Gasteiger partial charge in [0.1, 0.15) is 6.10 Å². The van der Waals surface area contributed by atoms with Crippen molar-refractivity contribution in [1.29, 1.82) is 0 Å². The van der Waals surface area contributed by atoms with E-state index in [0.29, 0.717) is 13.1 Å². The van der Waals surface area contributed by atoms with Crippen LogP contribution in [0.15, 0.2) is 24.3 Å². The van der Waals surface area contributed by atoms with Crippen LogP contribution in [0, 0.1) is 0 Å². The number of benzene rings is 1. The minimum Gasteiger partial charge on any atom is -0.442 e. The Kier molecular flexibility index (Phi) is 4.82. The van der Waals surface area contributed by atoms with Gasteiger partial charge in [-0.1, -0.05) is 32.9 Å². The quantitative estimate of drug-likeness (QED) is 0.931. The molecule has 1 saturated heterocycles. The van der Waals surface area contributed by atoms with Crippen LogP contribution < -0.4 is 10.2 Å². The molecule has 1 N–H and O–H groups in total. The van der Waals surface area contributed by atoms with E-state index in [1.807, 2.05) is 24.3 Å². The molecule has 1 aromatic rings. The lowest BCUT2D eigenvalue weighted by atomic mass is 9.87. The van der Waals surface area contributed by atoms with E-state index in [1.165, 1.54) is 10.5 Å². The molecule has 6 heteroatoms. The van der Waals surface area contributed by atoms with Gasteiger partial charge in [0.05, 0.1) is 13.1 Å². The Morgan fingerprint density at radius 2 is 1.91 bits per heavy atom. The molecule has 1 heterocycles. The first-order chi connectivity index (χ1) is 10.7. The number of nitrogens with zero attached hydrogens (tertiary/aromatic N) is 2. The van der Waals surface area contributed by atoms with Gasteiger partial charge >= 0.3 is 12.1 Å². The molecule has 126 valence electrons. The van der Waals surface area contributed by atoms with Crippen molar-refractivity contribution in [1.82, 2.24) is 10.2 Å². The summed E-state index contributed by atoms with van der Waals surface area (Å²) in [6.07, 6.45) is -0.716. The van der Waals surface area contributed by atoms with Crippen molar-refractivity contribution >= 4 is 17.8 Å². The molecule has 0 aromatic heterocycles. The molecule has 0 radical (unpaired) electrons. The second-order valence-electron chi connectivity index (χ2n) is 6.99. The third kappa shape index (κ3) is 4.15. The van der Waals surface area contributed by atoms with E-state index in [9.17, 15) is 9.59 Å². The Bertz CT molecular complexity index is 576. The summed E-state index contributed by atoms with van der Waals surface area (Å²) >= 11 is 0. The predicted octanol–water partition coefficient (Wildman–Crippen LogP) is 2.58. The van der Waals surface area contributed by atoms with Crippen molar-refractivity contribution in [3.8, 4) is 0 Å². The summed E-state index contributed by atoms with van der Waals surface area (Å²) in [6.45, 7) is 7.18. The second-order valence-corrected chi connectivity index (χ2v) is 6.99. The van der Waals surface area contributed by atoms with Crippen molar-refractivity contribution in [2.45, 2.75) is 32.3 Å². The van der Waals surface area contributed by atoms with Crippen LogP contribution in [0.1, 0.15) is 26.3 Å². The third-order valence-corrected chi connectivity index (χ3v) is 3.81. The molecule has 0 aliphatic carbocycles. The molecule has 1 aliphatic heterocycles. The number of anilines is 1. The molecule has 0 bridgehead atoms. The van der Waals surface area contributed by atoms with Crippen molar-refractivity contribution in [2.24, 2.45) is 0 Å². The Hall–Kier alpha value is -2.24. The number of carbonyl (C=O) groups excluding carboxylic acids is 2. The van der Waals surface area contributed by atoms with Gasteiger partial charge in [-0.15, -0.1) is 0 Å². The predicted molar refractivity (Wildman–Crippen MR) is 89.8 cm³/mol. The van der Waals surface area contributed by atoms with E-state index in [1.54, 1.807) is 19.0 Å². The van der Waals surface area contributed by atoms with Crippen LogP contribution in [0.4, 0.5) is 15.3 Å². The number of amides is 3. The fraction of sp³-hybridized carbons (Fsp3) is 0.529. The van der Waals surface area contributed by atoms with Crippen molar-refractivity contribution in [3.05, 3.63) is 29.8 Å². The first-order valence-electron chi connectivity index (χ1n) is 7.72. The smallest absolute Gasteiger partial charge is 0.414 e. The molecule has 1 aliphatic rings. The van der Waals surface area contributed by atoms with Crippen LogP contribution in [-0.4, -0.2) is 50.3 Å². The molecular formula is C17H25N3O3. The lowest BCUT2D eigenvalue weighted by Crippen LogP contribution is -2.40. The van der Waals surface area contributed by atoms with Crippen molar-refractivity contribution < 1.29 is 14.3 Å². The van der Waals surface area contributed by atoms with Crippen LogP contribution in [0.25, 0.3) is 0 Å². The van der Waals surface area contributed by atoms with E-state index in [4.69, 9.17) is 4.74 Å². The Morgan fingerprint density at radius 3 is 2.43 bits per heavy atom. The molecule has 2 rings (SSSR count). The number of urea groups is 1. The largest absolute Gasteiger partial charge is 0.442 e. The molecule has 0 spiro atoms. The lowest BCUT2D eigenvalue weighted by molar-refractivity contribution is 0.139. The summed E-state index contributed by atoms with van der Waals surface area (Å²) in [4.78, 5) is 26.6. The highest BCUT2D eigenvalue weighted by Gasteiger charge is 2.32. The number of rotatable bonds is 3. The molecule has 6 nitrogen and oxygen atoms in total. The number of hydrogen-bond acceptors (Lipinski definition) is 3. The van der Waals surface area contributed by atoms with Crippen molar-refractivity contribution in [3.63, 3.8) is 0 Å². The van der Waals surface area contributed by atoms with Gasteiger partial charge in [-0.2, -0.15) is 0 Å². The Balaban J connectivity index is 1.99. The number of ether oxygens (including phenoxy) is 1. The van der Waals surface area contributed by atoms with Gasteiger partial charge in [-0.05, 0) is 23.1 Å². The average Bonchev–Trinajstić information content (AvgIpc) is 2.85. The van der Waals surface area contributed by atoms with Gasteiger partial charge in [-0.25, -0.2) is 9.59 Å². The van der Waals surface area contributed by atoms with E-state index in [-0.39, 0.29) is 23.6 Å². The monoisotopic (exact) mass is 319 g/mol. The van der Waals surface area contributed by atoms with Gasteiger partial charge in [-0.3, -0.25) is 4.90 Å². The van der Waals surface area contributed by atoms with Gasteiger partial charge in [0, 0.05) is 19.8 Å². The first-order valence-corrected chi connectivity index (χ1v) is 7.72. The summed E-state index contributed by atoms with van der Waals surface area (Å²) in [5.41, 5.74) is 2.09. The SMILES string of the molecule is CN(C)C(=O)NCC1CN(c2ccc(C(C)(C)C)cc2)C(=O)O1. The highest BCUT2D eigenvalue weighted by atomic mass is 16.6. The molecule has 3 amide bonds. The molecule has 1 atom stereocenters. The molecule has 1 fully saturated rings. The first kappa shape index (κ1) is 17.1. The minimum absolute atomic E-state index is 0.0725. The molecule has 1 unspecified atom stereocenters. The second kappa shape index (κ2) is 6.48. The summed E-state index contributed by atoms with van der Waals surface area (Å²) in [6, 6.07) is 7.73. The summed E-state index contributed by atoms with van der Waals surface area (Å²) in [5, 5.41) is 2.73. The van der Waals surface area contributed by atoms with E-state index in [0.717, 1.165) is 5.69 Å². The molecule has 1 aromatic carbocycles. The average molecular weight is 319 g/mol. The maximum absolute atomic E-state index is 12.0. The summed E-state index contributed by atoms with van der Waals surface area (Å²) in [5.74, 6) is 0. The molecular weight excluding hydrogens is 294 g/mol. The van der Waals surface area contributed by atoms with Gasteiger partial charge in [0.25, 0.3) is 0 Å². The van der Waals surface area contributed by atoms with Crippen LogP contribution in [-0.2, 0) is 10.2 Å². The van der Waals surface area contributed by atoms with E-state index < -0.39 is 0 Å². The lowest BCUT2D eigenvalue weighted by Gasteiger charge is -2.20. The maximum atomic E-state index is 12.0. The Morgan fingerprint density at radius 1 is 1.30 bits per heavy atom. The highest BCUT2D eigenvalue weighted by Crippen LogP contribution is 2.27. The number of nitrogens with one attached hydrogen (secondary N) is 1. The van der Waals surface area contributed by atoms with Crippen LogP contribution in [0.5, 0.6) is 0 Å². The van der Waals surface area contributed by atoms with E-state index in [2.05, 4.69) is 26.1 Å². The summed E-state index contributed by atoms with van der Waals surface area (Å²) < 4.78 is 5.31. The van der Waals surface area contributed by atoms with Gasteiger partial charge < -0.3 is 15.0 Å². The zero-order valence-corrected chi connectivity index (χ0v) is 14.4.